The second-order valence-electron chi connectivity index (χ2n) is 5.39. The highest BCUT2D eigenvalue weighted by atomic mass is 16.6. The minimum atomic E-state index is -0.502. The van der Waals surface area contributed by atoms with E-state index >= 15 is 0 Å². The average molecular weight is 353 g/mol. The second kappa shape index (κ2) is 7.47. The first kappa shape index (κ1) is 17.2. The maximum atomic E-state index is 12.3. The van der Waals surface area contributed by atoms with E-state index in [1.807, 2.05) is 0 Å². The molecule has 0 aliphatic rings. The number of carbonyl (C=O) groups is 1. The molecule has 1 N–H and O–H groups in total. The second-order valence-corrected chi connectivity index (χ2v) is 5.39. The van der Waals surface area contributed by atoms with Crippen LogP contribution in [0.1, 0.15) is 5.56 Å². The maximum Gasteiger partial charge on any atom is 0.273 e. The molecule has 0 saturated heterocycles. The van der Waals surface area contributed by atoms with E-state index in [0.29, 0.717) is 28.3 Å². The van der Waals surface area contributed by atoms with Crippen LogP contribution in [0, 0.1) is 10.1 Å². The van der Waals surface area contributed by atoms with Crippen molar-refractivity contribution >= 4 is 17.3 Å². The van der Waals surface area contributed by atoms with E-state index in [2.05, 4.69) is 10.3 Å². The van der Waals surface area contributed by atoms with Crippen molar-refractivity contribution in [3.63, 3.8) is 0 Å². The van der Waals surface area contributed by atoms with Crippen molar-refractivity contribution in [3.8, 4) is 17.1 Å². The number of oxazole rings is 1. The molecule has 8 heteroatoms. The number of anilines is 1. The zero-order chi connectivity index (χ0) is 18.5. The van der Waals surface area contributed by atoms with Crippen LogP contribution in [0.5, 0.6) is 5.75 Å². The van der Waals surface area contributed by atoms with Gasteiger partial charge in [0.1, 0.15) is 5.75 Å². The van der Waals surface area contributed by atoms with Crippen LogP contribution in [0.25, 0.3) is 11.3 Å². The van der Waals surface area contributed by atoms with Crippen LogP contribution < -0.4 is 10.1 Å². The normalized spacial score (nSPS) is 10.3. The molecule has 0 bridgehead atoms. The van der Waals surface area contributed by atoms with Crippen LogP contribution in [0.15, 0.2) is 59.5 Å². The Kier molecular flexibility index (Phi) is 4.93. The molecular formula is C18H15N3O5. The van der Waals surface area contributed by atoms with Gasteiger partial charge in [0.2, 0.25) is 5.91 Å². The molecule has 3 aromatic rings. The SMILES string of the molecule is COc1cc(NC(=O)Cc2ccccc2[N+](=O)[O-])ccc1-c1cnco1. The quantitative estimate of drug-likeness (QED) is 0.537. The monoisotopic (exact) mass is 353 g/mol. The van der Waals surface area contributed by atoms with E-state index in [0.717, 1.165) is 0 Å². The van der Waals surface area contributed by atoms with Gasteiger partial charge < -0.3 is 14.5 Å². The first-order valence-corrected chi connectivity index (χ1v) is 7.67. The molecule has 0 radical (unpaired) electrons. The molecule has 8 nitrogen and oxygen atoms in total. The first-order chi connectivity index (χ1) is 12.6. The predicted octanol–water partition coefficient (Wildman–Crippen LogP) is 3.44. The smallest absolute Gasteiger partial charge is 0.273 e. The minimum absolute atomic E-state index is 0.0825. The molecular weight excluding hydrogens is 338 g/mol. The summed E-state index contributed by atoms with van der Waals surface area (Å²) in [5, 5.41) is 13.8. The number of aromatic nitrogens is 1. The third-order valence-electron chi connectivity index (χ3n) is 3.72. The van der Waals surface area contributed by atoms with Crippen LogP contribution in [-0.4, -0.2) is 22.9 Å². The Bertz CT molecular complexity index is 938. The van der Waals surface area contributed by atoms with Crippen LogP contribution >= 0.6 is 0 Å². The number of nitro groups is 1. The minimum Gasteiger partial charge on any atom is -0.496 e. The lowest BCUT2D eigenvalue weighted by Crippen LogP contribution is -2.15. The average Bonchev–Trinajstić information content (AvgIpc) is 3.16. The molecule has 0 unspecified atom stereocenters. The third-order valence-corrected chi connectivity index (χ3v) is 3.72. The molecule has 0 aliphatic carbocycles. The first-order valence-electron chi connectivity index (χ1n) is 7.67. The van der Waals surface area contributed by atoms with Crippen molar-refractivity contribution in [3.05, 3.63) is 70.7 Å². The summed E-state index contributed by atoms with van der Waals surface area (Å²) >= 11 is 0. The highest BCUT2D eigenvalue weighted by molar-refractivity contribution is 5.93. The zero-order valence-corrected chi connectivity index (χ0v) is 13.8. The standard InChI is InChI=1S/C18H15N3O5/c1-25-16-9-13(6-7-14(16)17-10-19-11-26-17)20-18(22)8-12-4-2-3-5-15(12)21(23)24/h2-7,9-11H,8H2,1H3,(H,20,22). The number of hydrogen-bond acceptors (Lipinski definition) is 6. The van der Waals surface area contributed by atoms with Gasteiger partial charge >= 0.3 is 0 Å². The lowest BCUT2D eigenvalue weighted by Gasteiger charge is -2.10. The number of nitro benzene ring substituents is 1. The van der Waals surface area contributed by atoms with Gasteiger partial charge in [-0.3, -0.25) is 14.9 Å². The summed E-state index contributed by atoms with van der Waals surface area (Å²) in [6, 6.07) is 11.2. The lowest BCUT2D eigenvalue weighted by atomic mass is 10.1. The van der Waals surface area contributed by atoms with Gasteiger partial charge in [0.05, 0.1) is 30.2 Å². The largest absolute Gasteiger partial charge is 0.496 e. The number of amides is 1. The fraction of sp³-hybridized carbons (Fsp3) is 0.111. The summed E-state index contributed by atoms with van der Waals surface area (Å²) in [4.78, 5) is 26.7. The molecule has 0 atom stereocenters. The summed E-state index contributed by atoms with van der Waals surface area (Å²) in [7, 11) is 1.51. The van der Waals surface area contributed by atoms with E-state index in [1.54, 1.807) is 42.6 Å². The third kappa shape index (κ3) is 3.69. The number of rotatable bonds is 6. The molecule has 0 spiro atoms. The van der Waals surface area contributed by atoms with Crippen LogP contribution in [0.3, 0.4) is 0 Å². The van der Waals surface area contributed by atoms with Crippen molar-refractivity contribution in [2.75, 3.05) is 12.4 Å². The van der Waals surface area contributed by atoms with Gasteiger partial charge in [-0.15, -0.1) is 0 Å². The maximum absolute atomic E-state index is 12.3. The Hall–Kier alpha value is -3.68. The number of benzene rings is 2. The Morgan fingerprint density at radius 3 is 2.81 bits per heavy atom. The van der Waals surface area contributed by atoms with Crippen molar-refractivity contribution in [1.29, 1.82) is 0 Å². The number of para-hydroxylation sites is 1. The van der Waals surface area contributed by atoms with Crippen LogP contribution in [-0.2, 0) is 11.2 Å². The highest BCUT2D eigenvalue weighted by Gasteiger charge is 2.16. The molecule has 0 fully saturated rings. The molecule has 0 saturated carbocycles. The van der Waals surface area contributed by atoms with Gasteiger partial charge in [0.15, 0.2) is 12.2 Å². The molecule has 132 valence electrons. The van der Waals surface area contributed by atoms with Crippen molar-refractivity contribution < 1.29 is 18.9 Å². The summed E-state index contributed by atoms with van der Waals surface area (Å²) < 4.78 is 10.6. The Morgan fingerprint density at radius 1 is 1.31 bits per heavy atom. The van der Waals surface area contributed by atoms with Gasteiger partial charge in [-0.2, -0.15) is 0 Å². The Morgan fingerprint density at radius 2 is 2.12 bits per heavy atom. The van der Waals surface area contributed by atoms with Gasteiger partial charge in [-0.25, -0.2) is 4.98 Å². The van der Waals surface area contributed by atoms with Crippen LogP contribution in [0.2, 0.25) is 0 Å². The van der Waals surface area contributed by atoms with Gasteiger partial charge in [0, 0.05) is 23.4 Å². The number of methoxy groups -OCH3 is 1. The molecule has 1 heterocycles. The van der Waals surface area contributed by atoms with Gasteiger partial charge in [-0.05, 0) is 12.1 Å². The molecule has 2 aromatic carbocycles. The van der Waals surface area contributed by atoms with E-state index in [1.165, 1.54) is 19.6 Å². The Labute approximate surface area is 148 Å². The van der Waals surface area contributed by atoms with Crippen molar-refractivity contribution in [1.82, 2.24) is 4.98 Å². The summed E-state index contributed by atoms with van der Waals surface area (Å²) in [5.74, 6) is 0.679. The van der Waals surface area contributed by atoms with Crippen LogP contribution in [0.4, 0.5) is 11.4 Å². The number of carbonyl (C=O) groups excluding carboxylic acids is 1. The fourth-order valence-electron chi connectivity index (χ4n) is 2.54. The zero-order valence-electron chi connectivity index (χ0n) is 13.8. The molecule has 3 rings (SSSR count). The van der Waals surface area contributed by atoms with Gasteiger partial charge in [0.25, 0.3) is 5.69 Å². The van der Waals surface area contributed by atoms with Crippen molar-refractivity contribution in [2.45, 2.75) is 6.42 Å². The molecule has 1 amide bonds. The Balaban J connectivity index is 1.77. The molecule has 26 heavy (non-hydrogen) atoms. The van der Waals surface area contributed by atoms with Crippen molar-refractivity contribution in [2.24, 2.45) is 0 Å². The van der Waals surface area contributed by atoms with E-state index in [9.17, 15) is 14.9 Å². The summed E-state index contributed by atoms with van der Waals surface area (Å²) in [6.45, 7) is 0. The lowest BCUT2D eigenvalue weighted by molar-refractivity contribution is -0.385. The number of nitrogens with one attached hydrogen (secondary N) is 1. The topological polar surface area (TPSA) is 108 Å². The highest BCUT2D eigenvalue weighted by Crippen LogP contribution is 2.32. The summed E-state index contributed by atoms with van der Waals surface area (Å²) in [6.07, 6.45) is 2.77. The molecule has 0 aliphatic heterocycles. The van der Waals surface area contributed by atoms with Gasteiger partial charge in [-0.1, -0.05) is 18.2 Å². The van der Waals surface area contributed by atoms with E-state index < -0.39 is 4.92 Å². The predicted molar refractivity (Wildman–Crippen MR) is 93.9 cm³/mol. The number of nitrogens with zero attached hydrogens (tertiary/aromatic N) is 2. The number of ether oxygens (including phenoxy) is 1. The fourth-order valence-corrected chi connectivity index (χ4v) is 2.54. The molecule has 1 aromatic heterocycles. The van der Waals surface area contributed by atoms with E-state index in [-0.39, 0.29) is 18.0 Å². The number of hydrogen-bond donors (Lipinski definition) is 1. The summed E-state index contributed by atoms with van der Waals surface area (Å²) in [5.41, 5.74) is 1.47. The van der Waals surface area contributed by atoms with E-state index in [4.69, 9.17) is 9.15 Å².